The van der Waals surface area contributed by atoms with Gasteiger partial charge in [-0.15, -0.1) is 11.3 Å². The number of halogens is 3. The molecule has 1 aromatic carbocycles. The van der Waals surface area contributed by atoms with Crippen LogP contribution in [0.1, 0.15) is 15.6 Å². The Morgan fingerprint density at radius 1 is 1.20 bits per heavy atom. The monoisotopic (exact) mass is 414 g/mol. The van der Waals surface area contributed by atoms with Gasteiger partial charge in [0.15, 0.2) is 0 Å². The summed E-state index contributed by atoms with van der Waals surface area (Å²) in [6, 6.07) is 5.15. The predicted octanol–water partition coefficient (Wildman–Crippen LogP) is 4.88. The topological polar surface area (TPSA) is 59.8 Å². The van der Waals surface area contributed by atoms with Gasteiger partial charge in [0.1, 0.15) is 5.02 Å². The number of nitrogens with one attached hydrogen (secondary N) is 1. The van der Waals surface area contributed by atoms with E-state index in [1.54, 1.807) is 29.5 Å². The molecule has 2 heterocycles. The van der Waals surface area contributed by atoms with Crippen LogP contribution >= 0.6 is 46.1 Å². The highest BCUT2D eigenvalue weighted by atomic mass is 35.5. The highest BCUT2D eigenvalue weighted by Crippen LogP contribution is 2.26. The standard InChI is InChI=1S/C16H13Cl3N4OS/c1-8-14(22-9(2)25-8)7-20-13-4-3-10(5-11(13)17)23-16(24)15(19)12(18)6-21-23/h3-6,20H,7H2,1-2H3. The van der Waals surface area contributed by atoms with Gasteiger partial charge in [-0.25, -0.2) is 4.98 Å². The van der Waals surface area contributed by atoms with Crippen molar-refractivity contribution in [2.75, 3.05) is 5.32 Å². The molecule has 0 bridgehead atoms. The molecule has 2 aromatic heterocycles. The number of aromatic nitrogens is 3. The van der Waals surface area contributed by atoms with Crippen molar-refractivity contribution in [3.05, 3.63) is 65.4 Å². The van der Waals surface area contributed by atoms with Crippen LogP contribution in [0.15, 0.2) is 29.2 Å². The van der Waals surface area contributed by atoms with Gasteiger partial charge in [0.2, 0.25) is 0 Å². The zero-order valence-electron chi connectivity index (χ0n) is 13.3. The normalized spacial score (nSPS) is 10.9. The Labute approximate surface area is 163 Å². The van der Waals surface area contributed by atoms with Crippen molar-refractivity contribution in [1.82, 2.24) is 14.8 Å². The van der Waals surface area contributed by atoms with Gasteiger partial charge in [0, 0.05) is 4.88 Å². The van der Waals surface area contributed by atoms with E-state index in [1.807, 2.05) is 13.8 Å². The average molecular weight is 416 g/mol. The molecule has 0 amide bonds. The molecule has 0 saturated carbocycles. The smallest absolute Gasteiger partial charge is 0.291 e. The lowest BCUT2D eigenvalue weighted by atomic mass is 10.2. The van der Waals surface area contributed by atoms with Crippen molar-refractivity contribution in [3.8, 4) is 5.69 Å². The van der Waals surface area contributed by atoms with E-state index in [4.69, 9.17) is 34.8 Å². The van der Waals surface area contributed by atoms with Gasteiger partial charge in [-0.05, 0) is 32.0 Å². The van der Waals surface area contributed by atoms with E-state index in [2.05, 4.69) is 15.4 Å². The Hall–Kier alpha value is -1.60. The highest BCUT2D eigenvalue weighted by molar-refractivity contribution is 7.11. The lowest BCUT2D eigenvalue weighted by Crippen LogP contribution is -2.21. The van der Waals surface area contributed by atoms with Crippen molar-refractivity contribution in [1.29, 1.82) is 0 Å². The summed E-state index contributed by atoms with van der Waals surface area (Å²) >= 11 is 19.7. The van der Waals surface area contributed by atoms with E-state index < -0.39 is 5.56 Å². The molecule has 0 aliphatic rings. The molecule has 1 N–H and O–H groups in total. The number of aryl methyl sites for hydroxylation is 2. The van der Waals surface area contributed by atoms with E-state index >= 15 is 0 Å². The summed E-state index contributed by atoms with van der Waals surface area (Å²) in [5, 5.41) is 8.76. The first-order chi connectivity index (χ1) is 11.9. The van der Waals surface area contributed by atoms with Gasteiger partial charge in [-0.3, -0.25) is 4.79 Å². The summed E-state index contributed by atoms with van der Waals surface area (Å²) < 4.78 is 1.15. The molecule has 5 nitrogen and oxygen atoms in total. The van der Waals surface area contributed by atoms with Crippen LogP contribution in [0, 0.1) is 13.8 Å². The third-order valence-electron chi connectivity index (χ3n) is 3.52. The van der Waals surface area contributed by atoms with Gasteiger partial charge in [-0.2, -0.15) is 9.78 Å². The van der Waals surface area contributed by atoms with E-state index in [1.165, 1.54) is 11.1 Å². The van der Waals surface area contributed by atoms with Crippen molar-refractivity contribution >= 4 is 51.8 Å². The second-order valence-electron chi connectivity index (χ2n) is 5.28. The number of hydrogen-bond donors (Lipinski definition) is 1. The molecule has 0 aliphatic carbocycles. The summed E-state index contributed by atoms with van der Waals surface area (Å²) in [5.41, 5.74) is 1.73. The molecule has 0 fully saturated rings. The Kier molecular flexibility index (Phi) is 5.34. The quantitative estimate of drug-likeness (QED) is 0.660. The van der Waals surface area contributed by atoms with Crippen molar-refractivity contribution in [3.63, 3.8) is 0 Å². The summed E-state index contributed by atoms with van der Waals surface area (Å²) in [6.45, 7) is 4.58. The molecule has 3 aromatic rings. The number of hydrogen-bond acceptors (Lipinski definition) is 5. The van der Waals surface area contributed by atoms with Gasteiger partial charge in [0.05, 0.1) is 44.9 Å². The van der Waals surface area contributed by atoms with Crippen LogP contribution in [0.2, 0.25) is 15.1 Å². The SMILES string of the molecule is Cc1nc(CNc2ccc(-n3ncc(Cl)c(Cl)c3=O)cc2Cl)c(C)s1. The van der Waals surface area contributed by atoms with Crippen LogP contribution < -0.4 is 10.9 Å². The molecule has 3 rings (SSSR count). The van der Waals surface area contributed by atoms with Crippen LogP contribution in [0.25, 0.3) is 5.69 Å². The Morgan fingerprint density at radius 2 is 1.96 bits per heavy atom. The van der Waals surface area contributed by atoms with Gasteiger partial charge in [0.25, 0.3) is 5.56 Å². The van der Waals surface area contributed by atoms with Crippen LogP contribution in [0.5, 0.6) is 0 Å². The fourth-order valence-corrected chi connectivity index (χ4v) is 3.62. The fraction of sp³-hybridized carbons (Fsp3) is 0.188. The Balaban J connectivity index is 1.85. The second-order valence-corrected chi connectivity index (χ2v) is 7.88. The Bertz CT molecular complexity index is 1000. The Morgan fingerprint density at radius 3 is 2.60 bits per heavy atom. The van der Waals surface area contributed by atoms with E-state index in [9.17, 15) is 4.79 Å². The minimum atomic E-state index is -0.500. The summed E-state index contributed by atoms with van der Waals surface area (Å²) in [6.07, 6.45) is 1.32. The van der Waals surface area contributed by atoms with E-state index in [-0.39, 0.29) is 10.0 Å². The van der Waals surface area contributed by atoms with Crippen molar-refractivity contribution in [2.45, 2.75) is 20.4 Å². The zero-order valence-corrected chi connectivity index (χ0v) is 16.4. The maximum absolute atomic E-state index is 12.2. The summed E-state index contributed by atoms with van der Waals surface area (Å²) in [7, 11) is 0. The number of benzene rings is 1. The molecule has 0 radical (unpaired) electrons. The lowest BCUT2D eigenvalue weighted by Gasteiger charge is -2.11. The molecular weight excluding hydrogens is 403 g/mol. The van der Waals surface area contributed by atoms with E-state index in [0.717, 1.165) is 21.1 Å². The van der Waals surface area contributed by atoms with Crippen molar-refractivity contribution < 1.29 is 0 Å². The first kappa shape index (κ1) is 18.2. The first-order valence-electron chi connectivity index (χ1n) is 7.27. The van der Waals surface area contributed by atoms with Crippen LogP contribution in [-0.2, 0) is 6.54 Å². The minimum absolute atomic E-state index is 0.0793. The molecule has 0 spiro atoms. The third kappa shape index (κ3) is 3.82. The van der Waals surface area contributed by atoms with Gasteiger partial charge in [-0.1, -0.05) is 34.8 Å². The second kappa shape index (κ2) is 7.33. The molecule has 0 aliphatic heterocycles. The van der Waals surface area contributed by atoms with Gasteiger partial charge < -0.3 is 5.32 Å². The van der Waals surface area contributed by atoms with E-state index in [0.29, 0.717) is 17.3 Å². The molecule has 130 valence electrons. The maximum atomic E-state index is 12.2. The number of thiazole rings is 1. The zero-order chi connectivity index (χ0) is 18.1. The average Bonchev–Trinajstić information content (AvgIpc) is 2.89. The summed E-state index contributed by atoms with van der Waals surface area (Å²) in [4.78, 5) is 17.8. The van der Waals surface area contributed by atoms with Crippen LogP contribution in [0.4, 0.5) is 5.69 Å². The molecule has 9 heteroatoms. The molecule has 0 atom stereocenters. The number of nitrogens with zero attached hydrogens (tertiary/aromatic N) is 3. The highest BCUT2D eigenvalue weighted by Gasteiger charge is 2.11. The largest absolute Gasteiger partial charge is 0.378 e. The van der Waals surface area contributed by atoms with Gasteiger partial charge >= 0.3 is 0 Å². The third-order valence-corrected chi connectivity index (χ3v) is 5.51. The van der Waals surface area contributed by atoms with Crippen molar-refractivity contribution in [2.24, 2.45) is 0 Å². The van der Waals surface area contributed by atoms with Crippen LogP contribution in [-0.4, -0.2) is 14.8 Å². The molecule has 0 saturated heterocycles. The number of rotatable bonds is 4. The molecular formula is C16H13Cl3N4OS. The molecule has 0 unspecified atom stereocenters. The van der Waals surface area contributed by atoms with Crippen LogP contribution in [0.3, 0.4) is 0 Å². The fourth-order valence-electron chi connectivity index (χ4n) is 2.29. The molecule has 25 heavy (non-hydrogen) atoms. The predicted molar refractivity (Wildman–Crippen MR) is 104 cm³/mol. The summed E-state index contributed by atoms with van der Waals surface area (Å²) in [5.74, 6) is 0. The number of anilines is 1. The lowest BCUT2D eigenvalue weighted by molar-refractivity contribution is 0.807. The minimum Gasteiger partial charge on any atom is -0.378 e. The maximum Gasteiger partial charge on any atom is 0.291 e. The first-order valence-corrected chi connectivity index (χ1v) is 9.22.